The summed E-state index contributed by atoms with van der Waals surface area (Å²) in [4.78, 5) is 0. The van der Waals surface area contributed by atoms with Crippen LogP contribution in [0.3, 0.4) is 0 Å². The van der Waals surface area contributed by atoms with Crippen molar-refractivity contribution < 1.29 is 47.7 Å². The summed E-state index contributed by atoms with van der Waals surface area (Å²) in [6.45, 7) is 0. The first-order valence-corrected chi connectivity index (χ1v) is 8.54. The summed E-state index contributed by atoms with van der Waals surface area (Å²) in [6.07, 6.45) is 0. The van der Waals surface area contributed by atoms with Gasteiger partial charge in [-0.1, -0.05) is 0 Å². The minimum atomic E-state index is -2.13. The molecule has 0 aromatic heterocycles. The quantitative estimate of drug-likeness (QED) is 0.217. The number of hydrogen-bond donors (Lipinski definition) is 0. The average molecular weight is 449 g/mol. The second-order valence-electron chi connectivity index (χ2n) is 4.57. The molecule has 26 heavy (non-hydrogen) atoms. The summed E-state index contributed by atoms with van der Waals surface area (Å²) < 4.78 is 21.3. The molecule has 136 valence electrons. The van der Waals surface area contributed by atoms with Crippen molar-refractivity contribution in [2.24, 2.45) is 0 Å². The third-order valence-electron chi connectivity index (χ3n) is 2.74. The molecule has 6 heteroatoms. The minimum absolute atomic E-state index is 0. The Morgan fingerprint density at radius 1 is 0.577 bits per heavy atom. The van der Waals surface area contributed by atoms with Crippen LogP contribution in [-0.4, -0.2) is 0 Å². The van der Waals surface area contributed by atoms with Gasteiger partial charge in [0.2, 0.25) is 0 Å². The van der Waals surface area contributed by atoms with Crippen LogP contribution in [-0.2, 0) is 38.7 Å². The summed E-state index contributed by atoms with van der Waals surface area (Å²) in [5.41, 5.74) is 0. The van der Waals surface area contributed by atoms with E-state index in [4.69, 9.17) is 9.05 Å². The van der Waals surface area contributed by atoms with Crippen molar-refractivity contribution in [3.05, 3.63) is 109 Å². The van der Waals surface area contributed by atoms with Gasteiger partial charge in [-0.25, -0.2) is 48.5 Å². The van der Waals surface area contributed by atoms with Crippen molar-refractivity contribution in [3.63, 3.8) is 0 Å². The number of rotatable bonds is 4. The van der Waals surface area contributed by atoms with Crippen molar-refractivity contribution in [3.8, 4) is 11.5 Å². The maximum atomic E-state index is 11.3. The maximum Gasteiger partial charge on any atom is 2.00 e. The largest absolute Gasteiger partial charge is 2.00 e. The van der Waals surface area contributed by atoms with Gasteiger partial charge in [0.05, 0.1) is 11.5 Å². The Hall–Kier alpha value is -1.86. The van der Waals surface area contributed by atoms with Crippen molar-refractivity contribution in [2.45, 2.75) is 0 Å². The Bertz CT molecular complexity index is 632. The predicted octanol–water partition coefficient (Wildman–Crippen LogP) is 6.05. The van der Waals surface area contributed by atoms with Crippen LogP contribution in [0.25, 0.3) is 0 Å². The topological polar surface area (TPSA) is 35.5 Å². The zero-order valence-corrected chi connectivity index (χ0v) is 16.9. The minimum Gasteiger partial charge on any atom is -0.287 e. The SMILES string of the molecule is O=[P+](O[c-]1cccc1)O[c-]1cccc1.[Fe+2].[Fe+2].c1cc[cH-]c1.c1cc[cH-]c1. The van der Waals surface area contributed by atoms with Crippen LogP contribution >= 0.6 is 8.25 Å². The van der Waals surface area contributed by atoms with Gasteiger partial charge in [0.1, 0.15) is 0 Å². The van der Waals surface area contributed by atoms with Crippen molar-refractivity contribution in [2.75, 3.05) is 0 Å². The van der Waals surface area contributed by atoms with E-state index in [9.17, 15) is 4.57 Å². The first kappa shape index (κ1) is 24.1. The van der Waals surface area contributed by atoms with Gasteiger partial charge in [0.25, 0.3) is 0 Å². The molecule has 4 rings (SSSR count). The molecule has 0 radical (unpaired) electrons. The van der Waals surface area contributed by atoms with Gasteiger partial charge in [-0.15, -0.1) is 24.3 Å². The zero-order chi connectivity index (χ0) is 16.9. The van der Waals surface area contributed by atoms with E-state index >= 15 is 0 Å². The van der Waals surface area contributed by atoms with Crippen LogP contribution in [0.4, 0.5) is 0 Å². The van der Waals surface area contributed by atoms with Crippen molar-refractivity contribution >= 4 is 8.25 Å². The van der Waals surface area contributed by atoms with E-state index in [1.54, 1.807) is 48.5 Å². The van der Waals surface area contributed by atoms with Crippen LogP contribution in [0.5, 0.6) is 11.5 Å². The molecule has 0 bridgehead atoms. The Morgan fingerprint density at radius 2 is 0.885 bits per heavy atom. The van der Waals surface area contributed by atoms with Crippen molar-refractivity contribution in [1.29, 1.82) is 0 Å². The van der Waals surface area contributed by atoms with Gasteiger partial charge in [0, 0.05) is 4.57 Å². The molecule has 0 aliphatic heterocycles. The summed E-state index contributed by atoms with van der Waals surface area (Å²) in [5.74, 6) is 1.11. The van der Waals surface area contributed by atoms with E-state index in [0.29, 0.717) is 11.5 Å². The summed E-state index contributed by atoms with van der Waals surface area (Å²) in [6, 6.07) is 34.1. The summed E-state index contributed by atoms with van der Waals surface area (Å²) in [7, 11) is -2.13. The van der Waals surface area contributed by atoms with Gasteiger partial charge in [-0.3, -0.25) is 9.05 Å². The van der Waals surface area contributed by atoms with Gasteiger partial charge in [0.15, 0.2) is 0 Å². The monoisotopic (exact) mass is 449 g/mol. The van der Waals surface area contributed by atoms with E-state index in [0.717, 1.165) is 0 Å². The zero-order valence-electron chi connectivity index (χ0n) is 13.8. The van der Waals surface area contributed by atoms with Gasteiger partial charge >= 0.3 is 42.4 Å². The molecule has 0 fully saturated rings. The maximum absolute atomic E-state index is 11.3. The normalized spacial score (nSPS) is 8.31. The molecular weight excluding hydrogens is 431 g/mol. The first-order valence-electron chi connectivity index (χ1n) is 7.44. The van der Waals surface area contributed by atoms with E-state index in [1.807, 2.05) is 60.7 Å². The fourth-order valence-electron chi connectivity index (χ4n) is 1.67. The predicted molar refractivity (Wildman–Crippen MR) is 97.0 cm³/mol. The standard InChI is InChI=1S/C10H8O3P.2C5H5.2Fe/c11-14(12-9-5-1-2-6-9)13-10-7-3-4-8-10;2*1-2-4-5-3-1;;/h1-8H;2*1-5H;;/q3*-1;2*+2. The molecular formula is C20H18Fe2O3P+. The van der Waals surface area contributed by atoms with Crippen LogP contribution in [0, 0.1) is 0 Å². The van der Waals surface area contributed by atoms with Gasteiger partial charge in [-0.2, -0.15) is 36.4 Å². The molecule has 4 aromatic carbocycles. The molecule has 0 aliphatic carbocycles. The molecule has 0 unspecified atom stereocenters. The van der Waals surface area contributed by atoms with Crippen molar-refractivity contribution in [1.82, 2.24) is 0 Å². The molecule has 3 nitrogen and oxygen atoms in total. The second-order valence-corrected chi connectivity index (χ2v) is 5.38. The molecule has 4 aromatic rings. The van der Waals surface area contributed by atoms with Crippen LogP contribution < -0.4 is 9.05 Å². The molecule has 0 heterocycles. The smallest absolute Gasteiger partial charge is 0.287 e. The molecule has 0 amide bonds. The van der Waals surface area contributed by atoms with Gasteiger partial charge in [-0.05, 0) is 0 Å². The molecule has 0 aliphatic rings. The third kappa shape index (κ3) is 10.9. The third-order valence-corrected chi connectivity index (χ3v) is 3.45. The fraction of sp³-hybridized carbons (Fsp3) is 0. The van der Waals surface area contributed by atoms with Crippen LogP contribution in [0.15, 0.2) is 109 Å². The molecule has 0 saturated carbocycles. The Balaban J connectivity index is 0.000000432. The van der Waals surface area contributed by atoms with Gasteiger partial charge < -0.3 is 0 Å². The molecule has 0 atom stereocenters. The van der Waals surface area contributed by atoms with E-state index in [-0.39, 0.29) is 34.1 Å². The first-order chi connectivity index (χ1) is 11.8. The molecule has 0 saturated heterocycles. The fourth-order valence-corrected chi connectivity index (χ4v) is 2.29. The Kier molecular flexibility index (Phi) is 14.3. The molecule has 0 N–H and O–H groups in total. The Morgan fingerprint density at radius 3 is 1.12 bits per heavy atom. The van der Waals surface area contributed by atoms with E-state index < -0.39 is 8.25 Å². The summed E-state index contributed by atoms with van der Waals surface area (Å²) >= 11 is 0. The molecule has 0 spiro atoms. The Labute approximate surface area is 176 Å². The summed E-state index contributed by atoms with van der Waals surface area (Å²) in [5, 5.41) is 0. The van der Waals surface area contributed by atoms with E-state index in [2.05, 4.69) is 0 Å². The van der Waals surface area contributed by atoms with E-state index in [1.165, 1.54) is 0 Å². The average Bonchev–Trinajstić information content (AvgIpc) is 3.35. The van der Waals surface area contributed by atoms with Crippen LogP contribution in [0.1, 0.15) is 0 Å². The van der Waals surface area contributed by atoms with Crippen LogP contribution in [0.2, 0.25) is 0 Å². The number of hydrogen-bond acceptors (Lipinski definition) is 3. The second kappa shape index (κ2) is 15.4.